The first-order chi connectivity index (χ1) is 18.2. The van der Waals surface area contributed by atoms with E-state index in [-0.39, 0.29) is 23.7 Å². The molecule has 0 bridgehead atoms. The summed E-state index contributed by atoms with van der Waals surface area (Å²) in [5, 5.41) is 12.1. The van der Waals surface area contributed by atoms with Crippen LogP contribution in [0.15, 0.2) is 48.7 Å². The van der Waals surface area contributed by atoms with E-state index < -0.39 is 11.7 Å². The lowest BCUT2D eigenvalue weighted by Gasteiger charge is -2.32. The second kappa shape index (κ2) is 11.4. The molecule has 2 heterocycles. The minimum Gasteiger partial charge on any atom is -0.494 e. The maximum absolute atomic E-state index is 13.7. The molecular formula is C26H30F3N7O2. The van der Waals surface area contributed by atoms with Gasteiger partial charge in [-0.3, -0.25) is 4.79 Å². The van der Waals surface area contributed by atoms with E-state index >= 15 is 0 Å². The van der Waals surface area contributed by atoms with Crippen molar-refractivity contribution in [2.75, 3.05) is 48.5 Å². The molecule has 2 aromatic carbocycles. The molecule has 4 rings (SSSR count). The van der Waals surface area contributed by atoms with Gasteiger partial charge in [-0.2, -0.15) is 18.2 Å². The third-order valence-corrected chi connectivity index (χ3v) is 6.27. The molecule has 1 saturated heterocycles. The topological polar surface area (TPSA) is 103 Å². The minimum absolute atomic E-state index is 0.0270. The molecule has 0 atom stereocenters. The van der Waals surface area contributed by atoms with Crippen molar-refractivity contribution in [2.24, 2.45) is 0 Å². The Bertz CT molecular complexity index is 1280. The Hall–Kier alpha value is -4.22. The maximum Gasteiger partial charge on any atom is 0.421 e. The number of carbonyl (C=O) groups excluding carboxylic acids is 1. The first kappa shape index (κ1) is 26.8. The zero-order valence-corrected chi connectivity index (χ0v) is 21.3. The number of benzene rings is 2. The second-order valence-electron chi connectivity index (χ2n) is 8.87. The Morgan fingerprint density at radius 3 is 2.45 bits per heavy atom. The van der Waals surface area contributed by atoms with Crippen molar-refractivity contribution in [3.63, 3.8) is 0 Å². The highest BCUT2D eigenvalue weighted by molar-refractivity contribution is 5.73. The van der Waals surface area contributed by atoms with E-state index in [1.54, 1.807) is 50.4 Å². The number of aromatic nitrogens is 2. The van der Waals surface area contributed by atoms with Gasteiger partial charge in [0.2, 0.25) is 11.9 Å². The molecule has 12 heteroatoms. The summed E-state index contributed by atoms with van der Waals surface area (Å²) in [4.78, 5) is 21.4. The number of amides is 1. The molecule has 0 aliphatic carbocycles. The van der Waals surface area contributed by atoms with Gasteiger partial charge in [0.1, 0.15) is 17.1 Å². The number of hydrogen-bond acceptors (Lipinski definition) is 8. The Balaban J connectivity index is 1.52. The molecule has 202 valence electrons. The molecule has 3 aromatic rings. The fraction of sp³-hybridized carbons (Fsp3) is 0.346. The van der Waals surface area contributed by atoms with Crippen LogP contribution in [0.2, 0.25) is 0 Å². The van der Waals surface area contributed by atoms with Gasteiger partial charge in [-0.25, -0.2) is 4.98 Å². The van der Waals surface area contributed by atoms with E-state index in [1.807, 2.05) is 11.0 Å². The van der Waals surface area contributed by atoms with Gasteiger partial charge in [0.15, 0.2) is 0 Å². The van der Waals surface area contributed by atoms with Gasteiger partial charge in [0.05, 0.1) is 12.8 Å². The van der Waals surface area contributed by atoms with Gasteiger partial charge in [-0.05, 0) is 43.2 Å². The molecular weight excluding hydrogens is 499 g/mol. The van der Waals surface area contributed by atoms with Crippen LogP contribution in [0.3, 0.4) is 0 Å². The smallest absolute Gasteiger partial charge is 0.421 e. The number of nitrogens with one attached hydrogen (secondary N) is 4. The van der Waals surface area contributed by atoms with Crippen LogP contribution < -0.4 is 26.0 Å². The summed E-state index contributed by atoms with van der Waals surface area (Å²) in [6.07, 6.45) is -2.24. The van der Waals surface area contributed by atoms with Crippen LogP contribution in [0.5, 0.6) is 5.75 Å². The lowest BCUT2D eigenvalue weighted by atomic mass is 10.0. The summed E-state index contributed by atoms with van der Waals surface area (Å²) in [6.45, 7) is 2.97. The van der Waals surface area contributed by atoms with Crippen molar-refractivity contribution in [1.82, 2.24) is 14.9 Å². The number of carbonyl (C=O) groups is 1. The van der Waals surface area contributed by atoms with E-state index in [0.29, 0.717) is 30.2 Å². The number of piperidine rings is 1. The van der Waals surface area contributed by atoms with Gasteiger partial charge in [-0.1, -0.05) is 6.07 Å². The van der Waals surface area contributed by atoms with Crippen molar-refractivity contribution in [2.45, 2.75) is 32.0 Å². The molecule has 0 spiro atoms. The lowest BCUT2D eigenvalue weighted by Crippen LogP contribution is -2.41. The Morgan fingerprint density at radius 1 is 1.05 bits per heavy atom. The predicted molar refractivity (Wildman–Crippen MR) is 141 cm³/mol. The molecule has 1 amide bonds. The first-order valence-corrected chi connectivity index (χ1v) is 12.1. The molecule has 1 fully saturated rings. The van der Waals surface area contributed by atoms with E-state index in [4.69, 9.17) is 4.74 Å². The number of methoxy groups -OCH3 is 1. The SMILES string of the molecule is CNc1cccc(Nc2nc(Nc3ccc(NC4CCN(C(C)=O)CC4)cc3OC)ncc2C(F)(F)F)c1. The summed E-state index contributed by atoms with van der Waals surface area (Å²) in [6, 6.07) is 12.4. The number of likely N-dealkylation sites (tertiary alicyclic amines) is 1. The summed E-state index contributed by atoms with van der Waals surface area (Å²) in [7, 11) is 3.23. The lowest BCUT2D eigenvalue weighted by molar-refractivity contribution is -0.137. The van der Waals surface area contributed by atoms with Crippen molar-refractivity contribution in [1.29, 1.82) is 0 Å². The van der Waals surface area contributed by atoms with E-state index in [2.05, 4.69) is 31.2 Å². The third-order valence-electron chi connectivity index (χ3n) is 6.27. The quantitative estimate of drug-likeness (QED) is 0.305. The minimum atomic E-state index is -4.65. The normalized spacial score (nSPS) is 14.1. The average Bonchev–Trinajstić information content (AvgIpc) is 2.89. The fourth-order valence-electron chi connectivity index (χ4n) is 4.21. The van der Waals surface area contributed by atoms with E-state index in [9.17, 15) is 18.0 Å². The summed E-state index contributed by atoms with van der Waals surface area (Å²) < 4.78 is 46.5. The van der Waals surface area contributed by atoms with E-state index in [0.717, 1.165) is 30.4 Å². The van der Waals surface area contributed by atoms with Crippen LogP contribution in [-0.2, 0) is 11.0 Å². The number of rotatable bonds is 8. The zero-order valence-electron chi connectivity index (χ0n) is 21.3. The first-order valence-electron chi connectivity index (χ1n) is 12.1. The third kappa shape index (κ3) is 6.55. The number of nitrogens with zero attached hydrogens (tertiary/aromatic N) is 3. The second-order valence-corrected chi connectivity index (χ2v) is 8.87. The average molecular weight is 530 g/mol. The molecule has 1 aromatic heterocycles. The summed E-state index contributed by atoms with van der Waals surface area (Å²) >= 11 is 0. The van der Waals surface area contributed by atoms with E-state index in [1.165, 1.54) is 7.11 Å². The number of alkyl halides is 3. The number of ether oxygens (including phenoxy) is 1. The number of anilines is 6. The van der Waals surface area contributed by atoms with Gasteiger partial charge in [0, 0.05) is 62.4 Å². The fourth-order valence-corrected chi connectivity index (χ4v) is 4.21. The zero-order chi connectivity index (χ0) is 27.3. The monoisotopic (exact) mass is 529 g/mol. The van der Waals surface area contributed by atoms with Gasteiger partial charge >= 0.3 is 6.18 Å². The standard InChI is InChI=1S/C26H30F3N7O2/c1-16(37)36-11-9-17(10-12-36)32-20-7-8-22(23(14-20)38-3)34-25-31-15-21(26(27,28)29)24(35-25)33-19-6-4-5-18(13-19)30-2/h4-8,13-15,17,30,32H,9-12H2,1-3H3,(H2,31,33,34,35). The molecule has 4 N–H and O–H groups in total. The van der Waals surface area contributed by atoms with Crippen molar-refractivity contribution in [3.8, 4) is 5.75 Å². The summed E-state index contributed by atoms with van der Waals surface area (Å²) in [5.74, 6) is 0.144. The number of halogens is 3. The Morgan fingerprint density at radius 2 is 1.79 bits per heavy atom. The Labute approximate surface area is 218 Å². The van der Waals surface area contributed by atoms with Gasteiger partial charge < -0.3 is 30.9 Å². The molecule has 0 saturated carbocycles. The van der Waals surface area contributed by atoms with Crippen LogP contribution >= 0.6 is 0 Å². The van der Waals surface area contributed by atoms with Crippen molar-refractivity contribution >= 4 is 40.4 Å². The highest BCUT2D eigenvalue weighted by Gasteiger charge is 2.35. The molecule has 0 unspecified atom stereocenters. The highest BCUT2D eigenvalue weighted by Crippen LogP contribution is 2.36. The van der Waals surface area contributed by atoms with Crippen molar-refractivity contribution in [3.05, 3.63) is 54.2 Å². The summed E-state index contributed by atoms with van der Waals surface area (Å²) in [5.41, 5.74) is 1.51. The van der Waals surface area contributed by atoms with Gasteiger partial charge in [0.25, 0.3) is 0 Å². The van der Waals surface area contributed by atoms with Crippen LogP contribution in [-0.4, -0.2) is 54.1 Å². The molecule has 0 radical (unpaired) electrons. The Kier molecular flexibility index (Phi) is 8.08. The molecule has 38 heavy (non-hydrogen) atoms. The molecule has 9 nitrogen and oxygen atoms in total. The number of hydrogen-bond donors (Lipinski definition) is 4. The van der Waals surface area contributed by atoms with Crippen LogP contribution in [0.4, 0.5) is 47.7 Å². The van der Waals surface area contributed by atoms with Crippen LogP contribution in [0.25, 0.3) is 0 Å². The van der Waals surface area contributed by atoms with Crippen LogP contribution in [0, 0.1) is 0 Å². The molecule has 1 aliphatic heterocycles. The maximum atomic E-state index is 13.7. The van der Waals surface area contributed by atoms with Gasteiger partial charge in [-0.15, -0.1) is 0 Å². The molecule has 1 aliphatic rings. The van der Waals surface area contributed by atoms with Crippen molar-refractivity contribution < 1.29 is 22.7 Å². The highest BCUT2D eigenvalue weighted by atomic mass is 19.4. The largest absolute Gasteiger partial charge is 0.494 e. The van der Waals surface area contributed by atoms with Crippen LogP contribution in [0.1, 0.15) is 25.3 Å². The predicted octanol–water partition coefficient (Wildman–Crippen LogP) is 5.46.